The van der Waals surface area contributed by atoms with E-state index < -0.39 is 0 Å². The van der Waals surface area contributed by atoms with E-state index >= 15 is 0 Å². The Morgan fingerprint density at radius 2 is 0.857 bits per heavy atom. The van der Waals surface area contributed by atoms with Crippen LogP contribution in [0.4, 0.5) is 0 Å². The van der Waals surface area contributed by atoms with Crippen molar-refractivity contribution in [2.75, 3.05) is 13.2 Å². The van der Waals surface area contributed by atoms with Gasteiger partial charge in [-0.2, -0.15) is 0 Å². The molecule has 0 radical (unpaired) electrons. The molecule has 0 heterocycles. The standard InChI is InChI=1S/C2H6O2.3Na.3H/c3-1-2-4;;;;;;/h3-4H,1-2H2;;;;;;. The van der Waals surface area contributed by atoms with Crippen LogP contribution in [0.5, 0.6) is 0 Å². The molecule has 0 spiro atoms. The molecular formula is C2H9Na3O2. The molecule has 0 saturated carbocycles. The second-order valence-corrected chi connectivity index (χ2v) is 0.447. The van der Waals surface area contributed by atoms with Crippen LogP contribution in [-0.4, -0.2) is 112 Å². The van der Waals surface area contributed by atoms with Gasteiger partial charge in [0.1, 0.15) is 0 Å². The van der Waals surface area contributed by atoms with Gasteiger partial charge in [-0.15, -0.1) is 0 Å². The van der Waals surface area contributed by atoms with Crippen molar-refractivity contribution < 1.29 is 10.2 Å². The Hall–Kier alpha value is 2.92. The van der Waals surface area contributed by atoms with Crippen LogP contribution in [-0.2, 0) is 0 Å². The van der Waals surface area contributed by atoms with E-state index in [1.54, 1.807) is 0 Å². The first-order valence-corrected chi connectivity index (χ1v) is 1.13. The third kappa shape index (κ3) is 27.8. The van der Waals surface area contributed by atoms with Gasteiger partial charge in [-0.1, -0.05) is 0 Å². The Kier molecular flexibility index (Phi) is 74.4. The van der Waals surface area contributed by atoms with Gasteiger partial charge in [-0.05, 0) is 0 Å². The molecule has 0 bridgehead atoms. The van der Waals surface area contributed by atoms with Crippen molar-refractivity contribution in [3.63, 3.8) is 0 Å². The average molecular weight is 134 g/mol. The van der Waals surface area contributed by atoms with E-state index in [9.17, 15) is 0 Å². The van der Waals surface area contributed by atoms with Crippen molar-refractivity contribution in [3.05, 3.63) is 0 Å². The van der Waals surface area contributed by atoms with Gasteiger partial charge in [0.05, 0.1) is 13.2 Å². The second kappa shape index (κ2) is 23.1. The quantitative estimate of drug-likeness (QED) is 0.376. The van der Waals surface area contributed by atoms with Gasteiger partial charge in [0, 0.05) is 0 Å². The van der Waals surface area contributed by atoms with Crippen LogP contribution >= 0.6 is 0 Å². The Morgan fingerprint density at radius 1 is 0.714 bits per heavy atom. The molecule has 0 atom stereocenters. The normalized spacial score (nSPS) is 4.29. The van der Waals surface area contributed by atoms with Crippen molar-refractivity contribution in [1.82, 2.24) is 0 Å². The fourth-order valence-electron chi connectivity index (χ4n) is 0. The maximum absolute atomic E-state index is 7.62. The Balaban J connectivity index is -0.0000000150. The molecule has 0 aliphatic carbocycles. The first kappa shape index (κ1) is 22.5. The van der Waals surface area contributed by atoms with Crippen LogP contribution in [0.2, 0.25) is 0 Å². The molecule has 0 aliphatic rings. The van der Waals surface area contributed by atoms with Gasteiger partial charge < -0.3 is 10.2 Å². The van der Waals surface area contributed by atoms with Crippen LogP contribution in [0.3, 0.4) is 0 Å². The zero-order valence-corrected chi connectivity index (χ0v) is 2.31. The molecule has 0 aromatic rings. The average Bonchev–Trinajstić information content (AvgIpc) is 1.37. The van der Waals surface area contributed by atoms with Gasteiger partial charge >= 0.3 is 88.7 Å². The van der Waals surface area contributed by atoms with E-state index in [0.717, 1.165) is 0 Å². The maximum atomic E-state index is 7.62. The number of hydrogen-bond donors (Lipinski definition) is 2. The van der Waals surface area contributed by atoms with E-state index in [4.69, 9.17) is 10.2 Å². The van der Waals surface area contributed by atoms with Crippen molar-refractivity contribution in [1.29, 1.82) is 0 Å². The summed E-state index contributed by atoms with van der Waals surface area (Å²) < 4.78 is 0. The summed E-state index contributed by atoms with van der Waals surface area (Å²) in [4.78, 5) is 0. The summed E-state index contributed by atoms with van der Waals surface area (Å²) in [5.41, 5.74) is 0. The van der Waals surface area contributed by atoms with Crippen LogP contribution in [0.15, 0.2) is 0 Å². The van der Waals surface area contributed by atoms with Crippen LogP contribution in [0, 0.1) is 0 Å². The number of hydrogen-bond acceptors (Lipinski definition) is 2. The molecule has 0 amide bonds. The first-order valence-electron chi connectivity index (χ1n) is 1.13. The molecule has 0 aromatic carbocycles. The van der Waals surface area contributed by atoms with Crippen molar-refractivity contribution in [2.45, 2.75) is 0 Å². The van der Waals surface area contributed by atoms with Gasteiger partial charge in [0.25, 0.3) is 0 Å². The molecule has 32 valence electrons. The number of aliphatic hydroxyl groups is 2. The van der Waals surface area contributed by atoms with Gasteiger partial charge in [-0.25, -0.2) is 0 Å². The minimum absolute atomic E-state index is 0. The van der Waals surface area contributed by atoms with E-state index in [1.807, 2.05) is 0 Å². The molecule has 0 rings (SSSR count). The number of aliphatic hydroxyl groups excluding tert-OH is 2. The van der Waals surface area contributed by atoms with Gasteiger partial charge in [0.15, 0.2) is 0 Å². The molecule has 2 N–H and O–H groups in total. The van der Waals surface area contributed by atoms with Crippen molar-refractivity contribution >= 4 is 88.7 Å². The summed E-state index contributed by atoms with van der Waals surface area (Å²) in [6.07, 6.45) is 0. The molecule has 0 aliphatic heterocycles. The second-order valence-electron chi connectivity index (χ2n) is 0.447. The summed E-state index contributed by atoms with van der Waals surface area (Å²) in [5, 5.41) is 15.2. The van der Waals surface area contributed by atoms with E-state index in [1.165, 1.54) is 0 Å². The molecule has 0 unspecified atom stereocenters. The molecule has 7 heavy (non-hydrogen) atoms. The molecule has 5 heteroatoms. The predicted octanol–water partition coefficient (Wildman–Crippen LogP) is -2.97. The fraction of sp³-hybridized carbons (Fsp3) is 1.00. The van der Waals surface area contributed by atoms with E-state index in [0.29, 0.717) is 0 Å². The summed E-state index contributed by atoms with van der Waals surface area (Å²) >= 11 is 0. The molecule has 0 fully saturated rings. The molecular weight excluding hydrogens is 125 g/mol. The SMILES string of the molecule is OCCO.[NaH].[NaH].[NaH]. The Bertz CT molecular complexity index is 12.9. The van der Waals surface area contributed by atoms with Gasteiger partial charge in [-0.3, -0.25) is 0 Å². The number of rotatable bonds is 1. The van der Waals surface area contributed by atoms with Crippen LogP contribution in [0.1, 0.15) is 0 Å². The van der Waals surface area contributed by atoms with E-state index in [-0.39, 0.29) is 102 Å². The summed E-state index contributed by atoms with van der Waals surface area (Å²) in [5.74, 6) is 0. The zero-order valence-electron chi connectivity index (χ0n) is 2.31. The van der Waals surface area contributed by atoms with E-state index in [2.05, 4.69) is 0 Å². The molecule has 0 aromatic heterocycles. The zero-order chi connectivity index (χ0) is 3.41. The summed E-state index contributed by atoms with van der Waals surface area (Å²) in [7, 11) is 0. The Morgan fingerprint density at radius 3 is 0.857 bits per heavy atom. The topological polar surface area (TPSA) is 40.5 Å². The van der Waals surface area contributed by atoms with Crippen LogP contribution in [0.25, 0.3) is 0 Å². The minimum atomic E-state index is -0.125. The van der Waals surface area contributed by atoms with Crippen molar-refractivity contribution in [3.8, 4) is 0 Å². The fourth-order valence-corrected chi connectivity index (χ4v) is 0. The third-order valence-electron chi connectivity index (χ3n) is 0.1000. The van der Waals surface area contributed by atoms with Crippen molar-refractivity contribution in [2.24, 2.45) is 0 Å². The Labute approximate surface area is 110 Å². The third-order valence-corrected chi connectivity index (χ3v) is 0.1000. The van der Waals surface area contributed by atoms with Gasteiger partial charge in [0.2, 0.25) is 0 Å². The predicted molar refractivity (Wildman–Crippen MR) is 35.6 cm³/mol. The molecule has 0 saturated heterocycles. The monoisotopic (exact) mass is 134 g/mol. The first-order chi connectivity index (χ1) is 1.91. The summed E-state index contributed by atoms with van der Waals surface area (Å²) in [6.45, 7) is -0.250. The molecule has 2 nitrogen and oxygen atoms in total. The van der Waals surface area contributed by atoms with Crippen LogP contribution < -0.4 is 0 Å². The summed E-state index contributed by atoms with van der Waals surface area (Å²) in [6, 6.07) is 0.